The summed E-state index contributed by atoms with van der Waals surface area (Å²) in [5, 5.41) is 3.55. The van der Waals surface area contributed by atoms with Crippen LogP contribution in [0.1, 0.15) is 38.0 Å². The maximum absolute atomic E-state index is 6.22. The highest BCUT2D eigenvalue weighted by molar-refractivity contribution is 5.24. The van der Waals surface area contributed by atoms with Gasteiger partial charge in [0, 0.05) is 12.6 Å². The predicted molar refractivity (Wildman–Crippen MR) is 71.1 cm³/mol. The van der Waals surface area contributed by atoms with Crippen molar-refractivity contribution < 1.29 is 4.74 Å². The third-order valence-electron chi connectivity index (χ3n) is 3.57. The van der Waals surface area contributed by atoms with Gasteiger partial charge < -0.3 is 10.1 Å². The molecule has 1 aromatic rings. The average molecular weight is 233 g/mol. The highest BCUT2D eigenvalue weighted by Gasteiger charge is 2.30. The fourth-order valence-corrected chi connectivity index (χ4v) is 2.28. The zero-order valence-corrected chi connectivity index (χ0v) is 11.2. The van der Waals surface area contributed by atoms with E-state index in [1.54, 1.807) is 0 Å². The Morgan fingerprint density at radius 1 is 1.24 bits per heavy atom. The molecule has 0 aromatic heterocycles. The van der Waals surface area contributed by atoms with E-state index in [0.717, 1.165) is 6.54 Å². The summed E-state index contributed by atoms with van der Waals surface area (Å²) in [4.78, 5) is 0. The Balaban J connectivity index is 2.15. The molecular weight excluding hydrogens is 210 g/mol. The van der Waals surface area contributed by atoms with E-state index in [1.165, 1.54) is 11.1 Å². The van der Waals surface area contributed by atoms with Gasteiger partial charge in [0.15, 0.2) is 0 Å². The van der Waals surface area contributed by atoms with Crippen molar-refractivity contribution in [2.75, 3.05) is 6.54 Å². The van der Waals surface area contributed by atoms with Crippen molar-refractivity contribution in [1.29, 1.82) is 0 Å². The van der Waals surface area contributed by atoms with Gasteiger partial charge in [0.2, 0.25) is 0 Å². The van der Waals surface area contributed by atoms with E-state index in [4.69, 9.17) is 4.74 Å². The number of aryl methyl sites for hydroxylation is 1. The first-order valence-electron chi connectivity index (χ1n) is 6.53. The van der Waals surface area contributed by atoms with Crippen LogP contribution in [0.3, 0.4) is 0 Å². The highest BCUT2D eigenvalue weighted by atomic mass is 16.5. The number of benzene rings is 1. The lowest BCUT2D eigenvalue weighted by atomic mass is 9.97. The van der Waals surface area contributed by atoms with Crippen molar-refractivity contribution in [2.45, 2.75) is 45.9 Å². The van der Waals surface area contributed by atoms with Gasteiger partial charge in [-0.2, -0.15) is 0 Å². The summed E-state index contributed by atoms with van der Waals surface area (Å²) >= 11 is 0. The van der Waals surface area contributed by atoms with Crippen LogP contribution in [0.5, 0.6) is 0 Å². The van der Waals surface area contributed by atoms with E-state index in [1.807, 2.05) is 0 Å². The third-order valence-corrected chi connectivity index (χ3v) is 3.57. The second-order valence-corrected chi connectivity index (χ2v) is 5.45. The first kappa shape index (κ1) is 12.6. The third kappa shape index (κ3) is 2.88. The summed E-state index contributed by atoms with van der Waals surface area (Å²) in [5.74, 6) is 0.558. The Morgan fingerprint density at radius 2 is 1.88 bits per heavy atom. The normalized spacial score (nSPS) is 29.6. The fraction of sp³-hybridized carbons (Fsp3) is 0.600. The number of nitrogens with one attached hydrogen (secondary N) is 1. The summed E-state index contributed by atoms with van der Waals surface area (Å²) in [6.07, 6.45) is 0.495. The average Bonchev–Trinajstić information content (AvgIpc) is 2.31. The molecule has 2 nitrogen and oxygen atoms in total. The summed E-state index contributed by atoms with van der Waals surface area (Å²) in [5.41, 5.74) is 2.58. The maximum Gasteiger partial charge on any atom is 0.0979 e. The molecule has 0 amide bonds. The summed E-state index contributed by atoms with van der Waals surface area (Å²) in [6.45, 7) is 9.70. The first-order valence-corrected chi connectivity index (χ1v) is 6.53. The lowest BCUT2D eigenvalue weighted by molar-refractivity contribution is -0.0806. The smallest absolute Gasteiger partial charge is 0.0979 e. The zero-order valence-electron chi connectivity index (χ0n) is 11.2. The molecule has 2 rings (SSSR count). The monoisotopic (exact) mass is 233 g/mol. The van der Waals surface area contributed by atoms with Crippen molar-refractivity contribution >= 4 is 0 Å². The predicted octanol–water partition coefficient (Wildman–Crippen LogP) is 3.07. The lowest BCUT2D eigenvalue weighted by Crippen LogP contribution is -2.48. The molecule has 3 unspecified atom stereocenters. The minimum absolute atomic E-state index is 0.178. The van der Waals surface area contributed by atoms with E-state index in [9.17, 15) is 0 Å². The number of ether oxygens (including phenoxy) is 1. The standard InChI is InChI=1S/C15H23NO/c1-10(2)14-9-16-12(4)15(17-14)13-7-5-11(3)6-8-13/h5-8,10,12,14-16H,9H2,1-4H3. The van der Waals surface area contributed by atoms with Crippen LogP contribution in [0, 0.1) is 12.8 Å². The molecule has 1 saturated heterocycles. The maximum atomic E-state index is 6.22. The fourth-order valence-electron chi connectivity index (χ4n) is 2.28. The molecule has 0 bridgehead atoms. The molecule has 1 heterocycles. The largest absolute Gasteiger partial charge is 0.367 e. The van der Waals surface area contributed by atoms with Gasteiger partial charge in [0.1, 0.15) is 0 Å². The SMILES string of the molecule is Cc1ccc(C2OC(C(C)C)CNC2C)cc1. The number of hydrogen-bond donors (Lipinski definition) is 1. The molecule has 1 N–H and O–H groups in total. The van der Waals surface area contributed by atoms with Crippen LogP contribution in [0.4, 0.5) is 0 Å². The Labute approximate surface area is 104 Å². The molecule has 1 aliphatic rings. The molecule has 3 atom stereocenters. The van der Waals surface area contributed by atoms with E-state index < -0.39 is 0 Å². The molecule has 0 aliphatic carbocycles. The minimum atomic E-state index is 0.178. The Hall–Kier alpha value is -0.860. The van der Waals surface area contributed by atoms with Crippen molar-refractivity contribution in [3.63, 3.8) is 0 Å². The molecule has 0 spiro atoms. The van der Waals surface area contributed by atoms with Crippen LogP contribution in [-0.2, 0) is 4.74 Å². The zero-order chi connectivity index (χ0) is 12.4. The number of hydrogen-bond acceptors (Lipinski definition) is 2. The van der Waals surface area contributed by atoms with Gasteiger partial charge in [-0.15, -0.1) is 0 Å². The van der Waals surface area contributed by atoms with Crippen LogP contribution >= 0.6 is 0 Å². The van der Waals surface area contributed by atoms with Crippen LogP contribution in [0.25, 0.3) is 0 Å². The Kier molecular flexibility index (Phi) is 3.85. The molecular formula is C15H23NO. The van der Waals surface area contributed by atoms with Crippen LogP contribution in [0.15, 0.2) is 24.3 Å². The molecule has 2 heteroatoms. The van der Waals surface area contributed by atoms with Gasteiger partial charge in [0.25, 0.3) is 0 Å². The summed E-state index contributed by atoms with van der Waals surface area (Å²) < 4.78 is 6.22. The van der Waals surface area contributed by atoms with Crippen LogP contribution < -0.4 is 5.32 Å². The summed E-state index contributed by atoms with van der Waals surface area (Å²) in [7, 11) is 0. The lowest BCUT2D eigenvalue weighted by Gasteiger charge is -2.38. The van der Waals surface area contributed by atoms with Crippen LogP contribution in [0.2, 0.25) is 0 Å². The van der Waals surface area contributed by atoms with Crippen molar-refractivity contribution in [3.8, 4) is 0 Å². The first-order chi connectivity index (χ1) is 8.08. The van der Waals surface area contributed by atoms with Gasteiger partial charge >= 0.3 is 0 Å². The molecule has 94 valence electrons. The molecule has 1 fully saturated rings. The second-order valence-electron chi connectivity index (χ2n) is 5.45. The van der Waals surface area contributed by atoms with Gasteiger partial charge in [0.05, 0.1) is 12.2 Å². The molecule has 1 aromatic carbocycles. The van der Waals surface area contributed by atoms with Gasteiger partial charge in [-0.1, -0.05) is 43.7 Å². The van der Waals surface area contributed by atoms with Gasteiger partial charge in [-0.25, -0.2) is 0 Å². The number of morpholine rings is 1. The molecule has 1 aliphatic heterocycles. The van der Waals surface area contributed by atoms with E-state index in [2.05, 4.69) is 57.3 Å². The second kappa shape index (κ2) is 5.19. The van der Waals surface area contributed by atoms with Crippen LogP contribution in [-0.4, -0.2) is 18.7 Å². The van der Waals surface area contributed by atoms with Crippen molar-refractivity contribution in [3.05, 3.63) is 35.4 Å². The summed E-state index contributed by atoms with van der Waals surface area (Å²) in [6, 6.07) is 9.06. The van der Waals surface area contributed by atoms with E-state index >= 15 is 0 Å². The van der Waals surface area contributed by atoms with Crippen molar-refractivity contribution in [2.24, 2.45) is 5.92 Å². The molecule has 0 saturated carbocycles. The number of rotatable bonds is 2. The van der Waals surface area contributed by atoms with Gasteiger partial charge in [-0.3, -0.25) is 0 Å². The van der Waals surface area contributed by atoms with E-state index in [0.29, 0.717) is 18.1 Å². The highest BCUT2D eigenvalue weighted by Crippen LogP contribution is 2.28. The topological polar surface area (TPSA) is 21.3 Å². The molecule has 17 heavy (non-hydrogen) atoms. The minimum Gasteiger partial charge on any atom is -0.367 e. The quantitative estimate of drug-likeness (QED) is 0.847. The van der Waals surface area contributed by atoms with E-state index in [-0.39, 0.29) is 6.10 Å². The Morgan fingerprint density at radius 3 is 2.47 bits per heavy atom. The van der Waals surface area contributed by atoms with Crippen molar-refractivity contribution in [1.82, 2.24) is 5.32 Å². The Bertz CT molecular complexity index is 358. The van der Waals surface area contributed by atoms with Gasteiger partial charge in [-0.05, 0) is 25.3 Å². The molecule has 0 radical (unpaired) electrons.